The Morgan fingerprint density at radius 3 is 2.31 bits per heavy atom. The molecule has 1 saturated heterocycles. The molecule has 1 aromatic heterocycles. The Balaban J connectivity index is 1.71. The van der Waals surface area contributed by atoms with Crippen molar-refractivity contribution in [3.63, 3.8) is 0 Å². The summed E-state index contributed by atoms with van der Waals surface area (Å²) in [6.07, 6.45) is 2.19. The fourth-order valence-electron chi connectivity index (χ4n) is 3.03. The third kappa shape index (κ3) is 3.66. The molecule has 0 spiro atoms. The number of furan rings is 1. The highest BCUT2D eigenvalue weighted by atomic mass is 16.5. The monoisotopic (exact) mass is 358 g/mol. The van der Waals surface area contributed by atoms with Crippen LogP contribution in [0.5, 0.6) is 11.5 Å². The minimum Gasteiger partial charge on any atom is -0.497 e. The zero-order valence-corrected chi connectivity index (χ0v) is 14.9. The van der Waals surface area contributed by atoms with E-state index in [0.29, 0.717) is 55.4 Å². The molecule has 26 heavy (non-hydrogen) atoms. The summed E-state index contributed by atoms with van der Waals surface area (Å²) in [6, 6.07) is 8.48. The van der Waals surface area contributed by atoms with Gasteiger partial charge < -0.3 is 23.7 Å². The predicted octanol–water partition coefficient (Wildman–Crippen LogP) is 2.29. The molecule has 7 heteroatoms. The number of nitrogens with zero attached hydrogens (tertiary/aromatic N) is 2. The van der Waals surface area contributed by atoms with Crippen LogP contribution < -0.4 is 9.47 Å². The lowest BCUT2D eigenvalue weighted by Gasteiger charge is -2.22. The zero-order chi connectivity index (χ0) is 18.5. The highest BCUT2D eigenvalue weighted by molar-refractivity contribution is 5.97. The molecule has 3 rings (SSSR count). The maximum Gasteiger partial charge on any atom is 0.289 e. The Morgan fingerprint density at radius 2 is 1.69 bits per heavy atom. The largest absolute Gasteiger partial charge is 0.497 e. The lowest BCUT2D eigenvalue weighted by Crippen LogP contribution is -2.37. The number of hydrogen-bond acceptors (Lipinski definition) is 5. The maximum atomic E-state index is 12.9. The van der Waals surface area contributed by atoms with Crippen LogP contribution in [0.25, 0.3) is 0 Å². The predicted molar refractivity (Wildman–Crippen MR) is 94.7 cm³/mol. The minimum atomic E-state index is -0.147. The van der Waals surface area contributed by atoms with E-state index in [1.165, 1.54) is 13.4 Å². The first kappa shape index (κ1) is 17.8. The van der Waals surface area contributed by atoms with E-state index in [2.05, 4.69) is 0 Å². The molecular weight excluding hydrogens is 336 g/mol. The number of carbonyl (C=O) groups excluding carboxylic acids is 2. The number of carbonyl (C=O) groups is 2. The fraction of sp³-hybridized carbons (Fsp3) is 0.368. The van der Waals surface area contributed by atoms with Gasteiger partial charge in [0.1, 0.15) is 11.5 Å². The molecule has 2 heterocycles. The smallest absolute Gasteiger partial charge is 0.289 e. The average molecular weight is 358 g/mol. The van der Waals surface area contributed by atoms with Crippen LogP contribution in [0.2, 0.25) is 0 Å². The maximum absolute atomic E-state index is 12.9. The molecule has 0 unspecified atom stereocenters. The summed E-state index contributed by atoms with van der Waals surface area (Å²) in [4.78, 5) is 28.8. The molecule has 1 aliphatic heterocycles. The van der Waals surface area contributed by atoms with Gasteiger partial charge in [-0.3, -0.25) is 9.59 Å². The van der Waals surface area contributed by atoms with Crippen molar-refractivity contribution in [3.05, 3.63) is 47.9 Å². The molecule has 0 bridgehead atoms. The lowest BCUT2D eigenvalue weighted by molar-refractivity contribution is 0.0699. The van der Waals surface area contributed by atoms with Crippen molar-refractivity contribution in [1.82, 2.24) is 9.80 Å². The molecular formula is C19H22N2O5. The van der Waals surface area contributed by atoms with E-state index < -0.39 is 0 Å². The van der Waals surface area contributed by atoms with E-state index in [9.17, 15) is 9.59 Å². The van der Waals surface area contributed by atoms with Gasteiger partial charge in [0.2, 0.25) is 0 Å². The second-order valence-electron chi connectivity index (χ2n) is 5.98. The Bertz CT molecular complexity index is 772. The molecule has 1 aliphatic rings. The normalized spacial score (nSPS) is 14.7. The Labute approximate surface area is 152 Å². The highest BCUT2D eigenvalue weighted by Gasteiger charge is 2.26. The van der Waals surface area contributed by atoms with Crippen molar-refractivity contribution in [2.75, 3.05) is 40.4 Å². The van der Waals surface area contributed by atoms with Crippen molar-refractivity contribution >= 4 is 11.8 Å². The van der Waals surface area contributed by atoms with Crippen LogP contribution in [0.4, 0.5) is 0 Å². The summed E-state index contributed by atoms with van der Waals surface area (Å²) in [5, 5.41) is 0. The van der Waals surface area contributed by atoms with Crippen LogP contribution in [0.1, 0.15) is 27.3 Å². The van der Waals surface area contributed by atoms with Crippen molar-refractivity contribution in [2.45, 2.75) is 6.42 Å². The highest BCUT2D eigenvalue weighted by Crippen LogP contribution is 2.26. The lowest BCUT2D eigenvalue weighted by atomic mass is 10.1. The van der Waals surface area contributed by atoms with Crippen LogP contribution in [0, 0.1) is 0 Å². The van der Waals surface area contributed by atoms with Crippen molar-refractivity contribution in [3.8, 4) is 11.5 Å². The molecule has 0 radical (unpaired) electrons. The van der Waals surface area contributed by atoms with E-state index in [4.69, 9.17) is 13.9 Å². The van der Waals surface area contributed by atoms with Gasteiger partial charge in [0.05, 0.1) is 26.0 Å². The van der Waals surface area contributed by atoms with Gasteiger partial charge in [-0.15, -0.1) is 0 Å². The third-order valence-electron chi connectivity index (χ3n) is 4.44. The first-order chi connectivity index (χ1) is 12.6. The van der Waals surface area contributed by atoms with E-state index in [1.54, 1.807) is 47.2 Å². The first-order valence-electron chi connectivity index (χ1n) is 8.48. The van der Waals surface area contributed by atoms with Crippen molar-refractivity contribution in [1.29, 1.82) is 0 Å². The third-order valence-corrected chi connectivity index (χ3v) is 4.44. The molecule has 0 N–H and O–H groups in total. The van der Waals surface area contributed by atoms with E-state index in [-0.39, 0.29) is 11.8 Å². The molecule has 0 aliphatic carbocycles. The van der Waals surface area contributed by atoms with E-state index >= 15 is 0 Å². The summed E-state index contributed by atoms with van der Waals surface area (Å²) in [6.45, 7) is 2.09. The average Bonchev–Trinajstić information content (AvgIpc) is 3.11. The van der Waals surface area contributed by atoms with E-state index in [0.717, 1.165) is 0 Å². The summed E-state index contributed by atoms with van der Waals surface area (Å²) in [5.74, 6) is 1.16. The SMILES string of the molecule is COc1ccc(C(=O)N2CCCN(C(=O)c3ccco3)CC2)c(OC)c1. The minimum absolute atomic E-state index is 0.114. The first-order valence-corrected chi connectivity index (χ1v) is 8.48. The van der Waals surface area contributed by atoms with Crippen LogP contribution >= 0.6 is 0 Å². The van der Waals surface area contributed by atoms with Gasteiger partial charge in [0.15, 0.2) is 5.76 Å². The molecule has 0 saturated carbocycles. The van der Waals surface area contributed by atoms with Gasteiger partial charge in [-0.2, -0.15) is 0 Å². The number of hydrogen-bond donors (Lipinski definition) is 0. The molecule has 2 aromatic rings. The Kier molecular flexibility index (Phi) is 5.46. The van der Waals surface area contributed by atoms with Gasteiger partial charge in [0, 0.05) is 32.2 Å². The second-order valence-corrected chi connectivity index (χ2v) is 5.98. The summed E-state index contributed by atoms with van der Waals surface area (Å²) in [7, 11) is 3.09. The van der Waals surface area contributed by atoms with Crippen molar-refractivity contribution < 1.29 is 23.5 Å². The molecule has 7 nitrogen and oxygen atoms in total. The molecule has 0 atom stereocenters. The van der Waals surface area contributed by atoms with Gasteiger partial charge in [0.25, 0.3) is 11.8 Å². The summed E-state index contributed by atoms with van der Waals surface area (Å²) < 4.78 is 15.7. The fourth-order valence-corrected chi connectivity index (χ4v) is 3.03. The Hall–Kier alpha value is -2.96. The number of rotatable bonds is 4. The quantitative estimate of drug-likeness (QED) is 0.838. The standard InChI is InChI=1S/C19H22N2O5/c1-24-14-6-7-15(17(13-14)25-2)18(22)20-8-4-9-21(11-10-20)19(23)16-5-3-12-26-16/h3,5-7,12-13H,4,8-11H2,1-2H3. The number of amides is 2. The zero-order valence-electron chi connectivity index (χ0n) is 14.9. The van der Waals surface area contributed by atoms with Gasteiger partial charge in [-0.25, -0.2) is 0 Å². The summed E-state index contributed by atoms with van der Waals surface area (Å²) >= 11 is 0. The van der Waals surface area contributed by atoms with Gasteiger partial charge in [-0.1, -0.05) is 0 Å². The van der Waals surface area contributed by atoms with Crippen molar-refractivity contribution in [2.24, 2.45) is 0 Å². The Morgan fingerprint density at radius 1 is 0.962 bits per heavy atom. The number of ether oxygens (including phenoxy) is 2. The van der Waals surface area contributed by atoms with Gasteiger partial charge >= 0.3 is 0 Å². The molecule has 1 fully saturated rings. The van der Waals surface area contributed by atoms with Crippen LogP contribution in [-0.2, 0) is 0 Å². The molecule has 138 valence electrons. The summed E-state index contributed by atoms with van der Waals surface area (Å²) in [5.41, 5.74) is 0.485. The number of benzene rings is 1. The van der Waals surface area contributed by atoms with Gasteiger partial charge in [-0.05, 0) is 30.7 Å². The van der Waals surface area contributed by atoms with Crippen LogP contribution in [0.15, 0.2) is 41.0 Å². The molecule has 1 aromatic carbocycles. The van der Waals surface area contributed by atoms with Crippen LogP contribution in [-0.4, -0.2) is 62.0 Å². The number of methoxy groups -OCH3 is 2. The van der Waals surface area contributed by atoms with E-state index in [1.807, 2.05) is 0 Å². The van der Waals surface area contributed by atoms with Crippen LogP contribution in [0.3, 0.4) is 0 Å². The second kappa shape index (κ2) is 7.95. The molecule has 2 amide bonds. The topological polar surface area (TPSA) is 72.2 Å².